The van der Waals surface area contributed by atoms with Gasteiger partial charge in [-0.15, -0.1) is 0 Å². The molecule has 2 heterocycles. The number of ether oxygens (including phenoxy) is 1. The van der Waals surface area contributed by atoms with E-state index in [4.69, 9.17) is 10.5 Å². The number of pyridine rings is 1. The van der Waals surface area contributed by atoms with E-state index < -0.39 is 11.8 Å². The van der Waals surface area contributed by atoms with Crippen LogP contribution in [-0.4, -0.2) is 28.2 Å². The maximum Gasteiger partial charge on any atom is 0.267 e. The van der Waals surface area contributed by atoms with Crippen molar-refractivity contribution in [3.8, 4) is 5.75 Å². The van der Waals surface area contributed by atoms with Gasteiger partial charge in [0.25, 0.3) is 11.1 Å². The molecule has 0 spiro atoms. The Morgan fingerprint density at radius 2 is 1.96 bits per heavy atom. The SMILES string of the molecule is COc1ccc2[nH]c(=O)c([C@H](CC(N)=O)c3c(C)[nH][nH]c3=O)cc2c1. The lowest BCUT2D eigenvalue weighted by molar-refractivity contribution is -0.118. The molecule has 8 heteroatoms. The predicted octanol–water partition coefficient (Wildman–Crippen LogP) is 0.869. The minimum Gasteiger partial charge on any atom is -0.497 e. The molecular formula is C17H18N4O4. The van der Waals surface area contributed by atoms with Crippen LogP contribution >= 0.6 is 0 Å². The van der Waals surface area contributed by atoms with Gasteiger partial charge in [0.05, 0.1) is 7.11 Å². The van der Waals surface area contributed by atoms with Gasteiger partial charge >= 0.3 is 0 Å². The van der Waals surface area contributed by atoms with Crippen LogP contribution in [0.3, 0.4) is 0 Å². The molecule has 3 aromatic rings. The Kier molecular flexibility index (Phi) is 4.18. The molecule has 0 radical (unpaired) electrons. The molecule has 130 valence electrons. The molecule has 0 aliphatic heterocycles. The first-order chi connectivity index (χ1) is 11.9. The van der Waals surface area contributed by atoms with E-state index >= 15 is 0 Å². The third kappa shape index (κ3) is 3.06. The lowest BCUT2D eigenvalue weighted by Crippen LogP contribution is -2.25. The van der Waals surface area contributed by atoms with Crippen LogP contribution in [0.2, 0.25) is 0 Å². The summed E-state index contributed by atoms with van der Waals surface area (Å²) in [5.74, 6) is -0.713. The molecule has 1 amide bonds. The zero-order valence-electron chi connectivity index (χ0n) is 13.8. The Balaban J connectivity index is 2.25. The third-order valence-electron chi connectivity index (χ3n) is 4.22. The first-order valence-electron chi connectivity index (χ1n) is 7.67. The molecule has 0 aliphatic carbocycles. The number of nitrogens with one attached hydrogen (secondary N) is 3. The number of aromatic nitrogens is 3. The molecule has 0 unspecified atom stereocenters. The summed E-state index contributed by atoms with van der Waals surface area (Å²) in [6.07, 6.45) is -0.152. The van der Waals surface area contributed by atoms with Crippen molar-refractivity contribution >= 4 is 16.8 Å². The minimum absolute atomic E-state index is 0.152. The summed E-state index contributed by atoms with van der Waals surface area (Å²) in [4.78, 5) is 39.0. The van der Waals surface area contributed by atoms with Crippen molar-refractivity contribution in [1.29, 1.82) is 0 Å². The largest absolute Gasteiger partial charge is 0.497 e. The van der Waals surface area contributed by atoms with Gasteiger partial charge in [0, 0.05) is 40.1 Å². The van der Waals surface area contributed by atoms with Crippen molar-refractivity contribution < 1.29 is 9.53 Å². The second-order valence-electron chi connectivity index (χ2n) is 5.85. The molecule has 0 saturated carbocycles. The van der Waals surface area contributed by atoms with E-state index in [1.165, 1.54) is 0 Å². The first-order valence-corrected chi connectivity index (χ1v) is 7.67. The number of primary amides is 1. The lowest BCUT2D eigenvalue weighted by Gasteiger charge is -2.15. The van der Waals surface area contributed by atoms with Gasteiger partial charge in [-0.3, -0.25) is 19.5 Å². The summed E-state index contributed by atoms with van der Waals surface area (Å²) in [6, 6.07) is 6.90. The van der Waals surface area contributed by atoms with E-state index in [0.29, 0.717) is 28.1 Å². The molecule has 5 N–H and O–H groups in total. The summed E-state index contributed by atoms with van der Waals surface area (Å²) in [7, 11) is 1.55. The summed E-state index contributed by atoms with van der Waals surface area (Å²) in [6.45, 7) is 1.69. The molecule has 0 aliphatic rings. The molecule has 0 bridgehead atoms. The number of hydrogen-bond acceptors (Lipinski definition) is 4. The summed E-state index contributed by atoms with van der Waals surface area (Å²) in [5.41, 5.74) is 6.41. The van der Waals surface area contributed by atoms with E-state index in [-0.39, 0.29) is 17.5 Å². The average molecular weight is 342 g/mol. The highest BCUT2D eigenvalue weighted by molar-refractivity contribution is 5.81. The van der Waals surface area contributed by atoms with E-state index in [9.17, 15) is 14.4 Å². The Bertz CT molecular complexity index is 1060. The van der Waals surface area contributed by atoms with Gasteiger partial charge in [0.1, 0.15) is 5.75 Å². The number of benzene rings is 1. The average Bonchev–Trinajstić information content (AvgIpc) is 2.90. The molecule has 25 heavy (non-hydrogen) atoms. The Morgan fingerprint density at radius 1 is 1.20 bits per heavy atom. The molecule has 8 nitrogen and oxygen atoms in total. The van der Waals surface area contributed by atoms with Gasteiger partial charge < -0.3 is 20.6 Å². The number of methoxy groups -OCH3 is 1. The Labute approximate surface area is 142 Å². The van der Waals surface area contributed by atoms with Crippen LogP contribution in [0.15, 0.2) is 33.9 Å². The highest BCUT2D eigenvalue weighted by atomic mass is 16.5. The number of aryl methyl sites for hydroxylation is 1. The van der Waals surface area contributed by atoms with Crippen molar-refractivity contribution in [3.63, 3.8) is 0 Å². The quantitative estimate of drug-likeness (QED) is 0.547. The highest BCUT2D eigenvalue weighted by Crippen LogP contribution is 2.27. The zero-order valence-corrected chi connectivity index (χ0v) is 13.8. The van der Waals surface area contributed by atoms with Crippen LogP contribution in [0.1, 0.15) is 29.2 Å². The number of fused-ring (bicyclic) bond motifs is 1. The molecule has 0 saturated heterocycles. The monoisotopic (exact) mass is 342 g/mol. The van der Waals surface area contributed by atoms with Gasteiger partial charge in [-0.05, 0) is 31.2 Å². The normalized spacial score (nSPS) is 12.2. The number of rotatable bonds is 5. The zero-order chi connectivity index (χ0) is 18.1. The number of aromatic amines is 3. The van der Waals surface area contributed by atoms with E-state index in [1.807, 2.05) is 0 Å². The number of amides is 1. The molecule has 1 atom stereocenters. The summed E-state index contributed by atoms with van der Waals surface area (Å²) >= 11 is 0. The van der Waals surface area contributed by atoms with Crippen LogP contribution < -0.4 is 21.6 Å². The first kappa shape index (κ1) is 16.6. The summed E-state index contributed by atoms with van der Waals surface area (Å²) in [5, 5.41) is 5.91. The van der Waals surface area contributed by atoms with Gasteiger partial charge in [-0.25, -0.2) is 0 Å². The van der Waals surface area contributed by atoms with Crippen LogP contribution in [0.4, 0.5) is 0 Å². The van der Waals surface area contributed by atoms with Gasteiger partial charge in [0.15, 0.2) is 0 Å². The second kappa shape index (κ2) is 6.31. The fraction of sp³-hybridized carbons (Fsp3) is 0.235. The number of H-pyrrole nitrogens is 3. The van der Waals surface area contributed by atoms with Crippen LogP contribution in [-0.2, 0) is 4.79 Å². The Hall–Kier alpha value is -3.29. The topological polar surface area (TPSA) is 134 Å². The molecule has 3 rings (SSSR count). The number of carbonyl (C=O) groups is 1. The highest BCUT2D eigenvalue weighted by Gasteiger charge is 2.25. The van der Waals surface area contributed by atoms with Crippen molar-refractivity contribution in [2.75, 3.05) is 7.11 Å². The van der Waals surface area contributed by atoms with E-state index in [0.717, 1.165) is 5.39 Å². The maximum absolute atomic E-state index is 12.6. The number of hydrogen-bond donors (Lipinski definition) is 4. The fourth-order valence-electron chi connectivity index (χ4n) is 3.03. The van der Waals surface area contributed by atoms with Gasteiger partial charge in [-0.2, -0.15) is 0 Å². The van der Waals surface area contributed by atoms with E-state index in [2.05, 4.69) is 15.2 Å². The number of carbonyl (C=O) groups excluding carboxylic acids is 1. The second-order valence-corrected chi connectivity index (χ2v) is 5.85. The van der Waals surface area contributed by atoms with Crippen LogP contribution in [0.25, 0.3) is 10.9 Å². The van der Waals surface area contributed by atoms with Crippen molar-refractivity contribution in [2.24, 2.45) is 5.73 Å². The standard InChI is InChI=1S/C17H18N4O4/c1-8-15(17(24)21-20-8)11(7-14(18)22)12-6-9-5-10(25-2)3-4-13(9)19-16(12)23/h3-6,11H,7H2,1-2H3,(H2,18,22)(H,19,23)(H2,20,21,24)/t11-/m0/s1. The minimum atomic E-state index is -0.744. The van der Waals surface area contributed by atoms with Crippen molar-refractivity contribution in [3.05, 3.63) is 61.8 Å². The fourth-order valence-corrected chi connectivity index (χ4v) is 3.03. The van der Waals surface area contributed by atoms with E-state index in [1.54, 1.807) is 38.3 Å². The Morgan fingerprint density at radius 3 is 2.56 bits per heavy atom. The van der Waals surface area contributed by atoms with Crippen LogP contribution in [0.5, 0.6) is 5.75 Å². The lowest BCUT2D eigenvalue weighted by atomic mass is 9.88. The smallest absolute Gasteiger partial charge is 0.267 e. The van der Waals surface area contributed by atoms with Crippen molar-refractivity contribution in [1.82, 2.24) is 15.2 Å². The van der Waals surface area contributed by atoms with Crippen molar-refractivity contribution in [2.45, 2.75) is 19.3 Å². The molecule has 0 fully saturated rings. The number of nitrogens with two attached hydrogens (primary N) is 1. The summed E-state index contributed by atoms with van der Waals surface area (Å²) < 4.78 is 5.20. The maximum atomic E-state index is 12.6. The third-order valence-corrected chi connectivity index (χ3v) is 4.22. The van der Waals surface area contributed by atoms with Gasteiger partial charge in [0.2, 0.25) is 5.91 Å². The van der Waals surface area contributed by atoms with Gasteiger partial charge in [-0.1, -0.05) is 0 Å². The predicted molar refractivity (Wildman–Crippen MR) is 92.9 cm³/mol. The van der Waals surface area contributed by atoms with Crippen LogP contribution in [0, 0.1) is 6.92 Å². The molecule has 2 aromatic heterocycles. The molecular weight excluding hydrogens is 324 g/mol. The molecule has 1 aromatic carbocycles.